The van der Waals surface area contributed by atoms with E-state index in [0.717, 1.165) is 33.8 Å². The quantitative estimate of drug-likeness (QED) is 0.266. The fourth-order valence-corrected chi connectivity index (χ4v) is 3.51. The van der Waals surface area contributed by atoms with Crippen molar-refractivity contribution in [2.24, 2.45) is 0 Å². The van der Waals surface area contributed by atoms with Crippen LogP contribution in [-0.4, -0.2) is 34.0 Å². The molecule has 3 aromatic carbocycles. The summed E-state index contributed by atoms with van der Waals surface area (Å²) in [5, 5.41) is 0. The van der Waals surface area contributed by atoms with E-state index in [0.29, 0.717) is 37.1 Å². The van der Waals surface area contributed by atoms with Gasteiger partial charge in [-0.25, -0.2) is 0 Å². The van der Waals surface area contributed by atoms with Crippen LogP contribution in [0.15, 0.2) is 92.6 Å². The lowest BCUT2D eigenvalue weighted by Gasteiger charge is -2.21. The van der Waals surface area contributed by atoms with Gasteiger partial charge in [0.15, 0.2) is 11.5 Å². The highest BCUT2D eigenvalue weighted by Gasteiger charge is 2.23. The summed E-state index contributed by atoms with van der Waals surface area (Å²) >= 11 is 0. The van der Waals surface area contributed by atoms with Gasteiger partial charge in [-0.05, 0) is 41.5 Å². The fourth-order valence-electron chi connectivity index (χ4n) is 3.51. The predicted molar refractivity (Wildman–Crippen MR) is 137 cm³/mol. The van der Waals surface area contributed by atoms with Gasteiger partial charge < -0.3 is 23.7 Å². The number of benzene rings is 3. The second-order valence-corrected chi connectivity index (χ2v) is 7.21. The molecule has 0 unspecified atom stereocenters. The Balaban J connectivity index is 2.13. The van der Waals surface area contributed by atoms with Gasteiger partial charge in [-0.15, -0.1) is 0 Å². The summed E-state index contributed by atoms with van der Waals surface area (Å²) in [6, 6.07) is 17.4. The van der Waals surface area contributed by atoms with Crippen molar-refractivity contribution in [3.63, 3.8) is 0 Å². The van der Waals surface area contributed by atoms with Gasteiger partial charge in [0.2, 0.25) is 0 Å². The van der Waals surface area contributed by atoms with Crippen LogP contribution in [0, 0.1) is 0 Å². The minimum Gasteiger partial charge on any atom is -0.496 e. The molecule has 0 aliphatic heterocycles. The first-order valence-electron chi connectivity index (χ1n) is 10.9. The molecule has 0 fully saturated rings. The minimum atomic E-state index is 0.310. The van der Waals surface area contributed by atoms with E-state index >= 15 is 0 Å². The van der Waals surface area contributed by atoms with Gasteiger partial charge in [0.25, 0.3) is 0 Å². The fraction of sp³-hybridized carbons (Fsp3) is 0.172. The molecule has 0 heterocycles. The Kier molecular flexibility index (Phi) is 8.81. The number of hydrogen-bond acceptors (Lipinski definition) is 5. The van der Waals surface area contributed by atoms with Crippen LogP contribution in [0.2, 0.25) is 0 Å². The molecule has 3 aromatic rings. The van der Waals surface area contributed by atoms with Crippen molar-refractivity contribution in [2.45, 2.75) is 0 Å². The SMILES string of the molecule is C=CCOc1ccc(-c2cc(OC)c(-c3ccc(OCC=C)cc3)c(OCC=C)c2OC)cc1. The van der Waals surface area contributed by atoms with Gasteiger partial charge in [-0.2, -0.15) is 0 Å². The molecule has 5 heteroatoms. The highest BCUT2D eigenvalue weighted by atomic mass is 16.5. The van der Waals surface area contributed by atoms with E-state index in [-0.39, 0.29) is 0 Å². The van der Waals surface area contributed by atoms with E-state index < -0.39 is 0 Å². The van der Waals surface area contributed by atoms with Gasteiger partial charge >= 0.3 is 0 Å². The smallest absolute Gasteiger partial charge is 0.173 e. The Hall–Kier alpha value is -4.12. The average molecular weight is 459 g/mol. The van der Waals surface area contributed by atoms with E-state index in [1.165, 1.54) is 0 Å². The molecule has 3 rings (SSSR count). The maximum Gasteiger partial charge on any atom is 0.173 e. The second-order valence-electron chi connectivity index (χ2n) is 7.21. The van der Waals surface area contributed by atoms with Gasteiger partial charge in [0.1, 0.15) is 37.1 Å². The van der Waals surface area contributed by atoms with Crippen LogP contribution in [0.5, 0.6) is 28.7 Å². The van der Waals surface area contributed by atoms with Crippen molar-refractivity contribution in [2.75, 3.05) is 34.0 Å². The zero-order valence-electron chi connectivity index (χ0n) is 19.7. The van der Waals surface area contributed by atoms with E-state index in [2.05, 4.69) is 19.7 Å². The number of ether oxygens (including phenoxy) is 5. The summed E-state index contributed by atoms with van der Waals surface area (Å²) in [7, 11) is 3.27. The molecule has 176 valence electrons. The van der Waals surface area contributed by atoms with Crippen LogP contribution in [-0.2, 0) is 0 Å². The van der Waals surface area contributed by atoms with Crippen molar-refractivity contribution < 1.29 is 23.7 Å². The molecular formula is C29H30O5. The van der Waals surface area contributed by atoms with Gasteiger partial charge in [-0.3, -0.25) is 0 Å². The lowest BCUT2D eigenvalue weighted by Crippen LogP contribution is -2.02. The van der Waals surface area contributed by atoms with E-state index in [9.17, 15) is 0 Å². The highest BCUT2D eigenvalue weighted by molar-refractivity contribution is 5.88. The van der Waals surface area contributed by atoms with Crippen molar-refractivity contribution in [1.82, 2.24) is 0 Å². The van der Waals surface area contributed by atoms with Gasteiger partial charge in [-0.1, -0.05) is 62.2 Å². The Morgan fingerprint density at radius 2 is 1.12 bits per heavy atom. The van der Waals surface area contributed by atoms with Crippen molar-refractivity contribution in [3.8, 4) is 51.0 Å². The van der Waals surface area contributed by atoms with Crippen molar-refractivity contribution in [1.29, 1.82) is 0 Å². The molecule has 0 saturated heterocycles. The lowest BCUT2D eigenvalue weighted by molar-refractivity contribution is 0.325. The van der Waals surface area contributed by atoms with Gasteiger partial charge in [0.05, 0.1) is 19.8 Å². The van der Waals surface area contributed by atoms with Crippen LogP contribution in [0.25, 0.3) is 22.3 Å². The van der Waals surface area contributed by atoms with Crippen LogP contribution in [0.1, 0.15) is 0 Å². The third kappa shape index (κ3) is 5.62. The Labute approximate surface area is 201 Å². The highest BCUT2D eigenvalue weighted by Crippen LogP contribution is 2.50. The van der Waals surface area contributed by atoms with E-state index in [1.807, 2.05) is 54.6 Å². The zero-order valence-corrected chi connectivity index (χ0v) is 19.7. The molecule has 0 spiro atoms. The summed E-state index contributed by atoms with van der Waals surface area (Å²) in [6.45, 7) is 12.3. The van der Waals surface area contributed by atoms with Gasteiger partial charge in [0, 0.05) is 5.56 Å². The summed E-state index contributed by atoms with van der Waals surface area (Å²) in [6.07, 6.45) is 5.11. The minimum absolute atomic E-state index is 0.310. The van der Waals surface area contributed by atoms with Crippen molar-refractivity contribution in [3.05, 3.63) is 92.6 Å². The second kappa shape index (κ2) is 12.2. The normalized spacial score (nSPS) is 10.2. The standard InChI is InChI=1S/C29H30O5/c1-6-17-32-23-13-9-21(10-14-23)25-20-26(30-4)27(29(28(25)31-5)34-19-8-3)22-11-15-24(16-12-22)33-18-7-2/h6-16,20H,1-3,17-19H2,4-5H3. The van der Waals surface area contributed by atoms with Crippen LogP contribution < -0.4 is 23.7 Å². The zero-order chi connectivity index (χ0) is 24.3. The summed E-state index contributed by atoms with van der Waals surface area (Å²) in [4.78, 5) is 0. The largest absolute Gasteiger partial charge is 0.496 e. The molecule has 0 saturated carbocycles. The molecule has 0 aromatic heterocycles. The molecular weight excluding hydrogens is 428 g/mol. The first-order valence-corrected chi connectivity index (χ1v) is 10.9. The monoisotopic (exact) mass is 458 g/mol. The van der Waals surface area contributed by atoms with Crippen LogP contribution in [0.4, 0.5) is 0 Å². The average Bonchev–Trinajstić information content (AvgIpc) is 2.89. The first-order chi connectivity index (χ1) is 16.7. The Morgan fingerprint density at radius 1 is 0.618 bits per heavy atom. The molecule has 0 atom stereocenters. The molecule has 0 radical (unpaired) electrons. The van der Waals surface area contributed by atoms with E-state index in [1.54, 1.807) is 32.4 Å². The molecule has 0 amide bonds. The molecule has 5 nitrogen and oxygen atoms in total. The van der Waals surface area contributed by atoms with Crippen LogP contribution >= 0.6 is 0 Å². The van der Waals surface area contributed by atoms with E-state index in [4.69, 9.17) is 23.7 Å². The summed E-state index contributed by atoms with van der Waals surface area (Å²) in [5.74, 6) is 3.33. The predicted octanol–water partition coefficient (Wildman–Crippen LogP) is 6.73. The number of methoxy groups -OCH3 is 2. The maximum atomic E-state index is 6.14. The molecule has 0 N–H and O–H groups in total. The maximum absolute atomic E-state index is 6.14. The molecule has 0 aliphatic rings. The number of rotatable bonds is 13. The van der Waals surface area contributed by atoms with Crippen LogP contribution in [0.3, 0.4) is 0 Å². The molecule has 0 bridgehead atoms. The third-order valence-electron chi connectivity index (χ3n) is 5.01. The number of hydrogen-bond donors (Lipinski definition) is 0. The Bertz CT molecular complexity index is 1110. The molecule has 0 aliphatic carbocycles. The first kappa shape index (κ1) is 24.5. The van der Waals surface area contributed by atoms with Crippen molar-refractivity contribution >= 4 is 0 Å². The lowest BCUT2D eigenvalue weighted by atomic mass is 9.96. The Morgan fingerprint density at radius 3 is 1.59 bits per heavy atom. The third-order valence-corrected chi connectivity index (χ3v) is 5.01. The summed E-state index contributed by atoms with van der Waals surface area (Å²) in [5.41, 5.74) is 3.46. The summed E-state index contributed by atoms with van der Waals surface area (Å²) < 4.78 is 29.0. The molecule has 34 heavy (non-hydrogen) atoms. The topological polar surface area (TPSA) is 46.2 Å².